The van der Waals surface area contributed by atoms with Crippen molar-refractivity contribution in [3.8, 4) is 11.3 Å². The second-order valence-corrected chi connectivity index (χ2v) is 9.08. The average Bonchev–Trinajstić information content (AvgIpc) is 2.55. The van der Waals surface area contributed by atoms with Crippen LogP contribution in [-0.4, -0.2) is 25.8 Å². The third kappa shape index (κ3) is 5.09. The molecule has 146 valence electrons. The maximum absolute atomic E-state index is 14.1. The first-order valence-corrected chi connectivity index (χ1v) is 10.7. The zero-order valence-electron chi connectivity index (χ0n) is 14.4. The van der Waals surface area contributed by atoms with Crippen molar-refractivity contribution in [1.82, 2.24) is 9.97 Å². The lowest BCUT2D eigenvalue weighted by Gasteiger charge is -2.10. The molecular formula is C18H14BrF3N4OS. The third-order valence-corrected chi connectivity index (χ3v) is 4.67. The van der Waals surface area contributed by atoms with Crippen molar-refractivity contribution < 1.29 is 17.4 Å². The molecule has 0 saturated carbocycles. The Labute approximate surface area is 168 Å². The van der Waals surface area contributed by atoms with Gasteiger partial charge >= 0.3 is 0 Å². The first-order chi connectivity index (χ1) is 13.1. The van der Waals surface area contributed by atoms with Gasteiger partial charge in [0, 0.05) is 43.1 Å². The van der Waals surface area contributed by atoms with E-state index in [-0.39, 0.29) is 17.2 Å². The normalized spacial score (nSPS) is 13.1. The van der Waals surface area contributed by atoms with E-state index in [4.69, 9.17) is 5.14 Å². The number of hydrogen-bond acceptors (Lipinski definition) is 4. The van der Waals surface area contributed by atoms with Crippen LogP contribution in [0.25, 0.3) is 11.3 Å². The third-order valence-electron chi connectivity index (χ3n) is 3.48. The molecule has 2 aromatic carbocycles. The number of hydrogen-bond donors (Lipinski definition) is 2. The summed E-state index contributed by atoms with van der Waals surface area (Å²) in [4.78, 5) is 7.84. The van der Waals surface area contributed by atoms with Crippen LogP contribution in [0.1, 0.15) is 5.56 Å². The summed E-state index contributed by atoms with van der Waals surface area (Å²) in [5.41, 5.74) is 0.581. The molecule has 1 atom stereocenters. The van der Waals surface area contributed by atoms with Gasteiger partial charge in [-0.05, 0) is 35.9 Å². The van der Waals surface area contributed by atoms with Gasteiger partial charge in [0.15, 0.2) is 5.82 Å². The zero-order chi connectivity index (χ0) is 20.5. The van der Waals surface area contributed by atoms with Crippen molar-refractivity contribution in [3.05, 3.63) is 70.1 Å². The second-order valence-electron chi connectivity index (χ2n) is 6.00. The van der Waals surface area contributed by atoms with Crippen LogP contribution in [0.5, 0.6) is 0 Å². The van der Waals surface area contributed by atoms with Gasteiger partial charge in [0.05, 0.1) is 6.20 Å². The number of nitrogens with zero attached hydrogens (tertiary/aromatic N) is 2. The van der Waals surface area contributed by atoms with Crippen molar-refractivity contribution in [3.63, 3.8) is 0 Å². The maximum Gasteiger partial charge on any atom is 0.227 e. The number of benzene rings is 2. The molecule has 5 nitrogen and oxygen atoms in total. The summed E-state index contributed by atoms with van der Waals surface area (Å²) in [6.45, 7) is 0. The summed E-state index contributed by atoms with van der Waals surface area (Å²) < 4.78 is 53.7. The molecule has 1 aromatic heterocycles. The van der Waals surface area contributed by atoms with E-state index in [1.54, 1.807) is 18.2 Å². The summed E-state index contributed by atoms with van der Waals surface area (Å²) in [5, 5.41) is 9.83. The number of halogens is 4. The SMILES string of the molecule is CS(N)(=O)=Cc1cc(Br)cc(Nc2ncc(F)c(-c3ccc(F)cc3F)n2)c1. The van der Waals surface area contributed by atoms with E-state index in [0.29, 0.717) is 21.8 Å². The first kappa shape index (κ1) is 20.3. The Morgan fingerprint density at radius 1 is 1.14 bits per heavy atom. The largest absolute Gasteiger partial charge is 0.324 e. The monoisotopic (exact) mass is 470 g/mol. The fourth-order valence-corrected chi connectivity index (χ4v) is 3.64. The molecule has 0 saturated heterocycles. The van der Waals surface area contributed by atoms with E-state index in [2.05, 4.69) is 31.2 Å². The maximum atomic E-state index is 14.1. The van der Waals surface area contributed by atoms with Crippen molar-refractivity contribution >= 4 is 42.6 Å². The summed E-state index contributed by atoms with van der Waals surface area (Å²) in [6, 6.07) is 7.81. The Morgan fingerprint density at radius 2 is 1.89 bits per heavy atom. The van der Waals surface area contributed by atoms with Crippen LogP contribution in [0.15, 0.2) is 47.1 Å². The molecule has 0 aliphatic heterocycles. The van der Waals surface area contributed by atoms with E-state index >= 15 is 0 Å². The van der Waals surface area contributed by atoms with Crippen LogP contribution < -0.4 is 10.5 Å². The standard InChI is InChI=1S/C18H14BrF3N4OS/c1-28(23,27)9-10-4-11(19)6-13(5-10)25-18-24-8-16(22)17(26-18)14-3-2-12(20)7-15(14)21/h2-9H,1H3,(H2,23,27)(H,24,25,26). The van der Waals surface area contributed by atoms with E-state index in [1.807, 2.05) is 0 Å². The molecule has 0 bridgehead atoms. The van der Waals surface area contributed by atoms with Gasteiger partial charge in [0.1, 0.15) is 17.3 Å². The van der Waals surface area contributed by atoms with E-state index in [1.165, 1.54) is 11.6 Å². The van der Waals surface area contributed by atoms with Crippen LogP contribution in [0.2, 0.25) is 0 Å². The molecule has 28 heavy (non-hydrogen) atoms. The molecule has 10 heteroatoms. The number of nitrogens with two attached hydrogens (primary N) is 1. The van der Waals surface area contributed by atoms with E-state index < -0.39 is 27.2 Å². The van der Waals surface area contributed by atoms with Crippen LogP contribution in [0.3, 0.4) is 0 Å². The molecule has 0 spiro atoms. The minimum Gasteiger partial charge on any atom is -0.324 e. The van der Waals surface area contributed by atoms with Crippen molar-refractivity contribution in [1.29, 1.82) is 0 Å². The van der Waals surface area contributed by atoms with Crippen LogP contribution in [-0.2, 0) is 9.71 Å². The molecule has 0 radical (unpaired) electrons. The van der Waals surface area contributed by atoms with Gasteiger partial charge in [-0.2, -0.15) is 0 Å². The van der Waals surface area contributed by atoms with Crippen molar-refractivity contribution in [2.24, 2.45) is 5.14 Å². The lowest BCUT2D eigenvalue weighted by molar-refractivity contribution is 0.580. The highest BCUT2D eigenvalue weighted by Gasteiger charge is 2.15. The van der Waals surface area contributed by atoms with Gasteiger partial charge in [0.25, 0.3) is 0 Å². The highest BCUT2D eigenvalue weighted by molar-refractivity contribution is 9.10. The van der Waals surface area contributed by atoms with E-state index in [0.717, 1.165) is 18.3 Å². The predicted molar refractivity (Wildman–Crippen MR) is 108 cm³/mol. The van der Waals surface area contributed by atoms with Gasteiger partial charge < -0.3 is 5.32 Å². The molecule has 3 aromatic rings. The summed E-state index contributed by atoms with van der Waals surface area (Å²) in [6.07, 6.45) is 2.28. The minimum atomic E-state index is -2.62. The number of rotatable bonds is 4. The van der Waals surface area contributed by atoms with Crippen LogP contribution in [0, 0.1) is 17.5 Å². The van der Waals surface area contributed by atoms with Gasteiger partial charge in [-0.1, -0.05) is 15.9 Å². The smallest absolute Gasteiger partial charge is 0.227 e. The van der Waals surface area contributed by atoms with Crippen molar-refractivity contribution in [2.45, 2.75) is 0 Å². The molecule has 0 aliphatic rings. The fourth-order valence-electron chi connectivity index (χ4n) is 2.45. The molecule has 1 heterocycles. The average molecular weight is 471 g/mol. The molecule has 1 unspecified atom stereocenters. The van der Waals surface area contributed by atoms with Gasteiger partial charge in [-0.15, -0.1) is 0 Å². The number of nitrogens with one attached hydrogen (secondary N) is 1. The lowest BCUT2D eigenvalue weighted by Crippen LogP contribution is -2.13. The number of anilines is 2. The Balaban J connectivity index is 1.99. The first-order valence-electron chi connectivity index (χ1n) is 7.78. The highest BCUT2D eigenvalue weighted by Crippen LogP contribution is 2.26. The van der Waals surface area contributed by atoms with Crippen LogP contribution in [0.4, 0.5) is 24.8 Å². The van der Waals surface area contributed by atoms with Gasteiger partial charge in [-0.3, -0.25) is 9.35 Å². The Bertz CT molecular complexity index is 1170. The summed E-state index contributed by atoms with van der Waals surface area (Å²) >= 11 is 3.33. The Morgan fingerprint density at radius 3 is 2.57 bits per heavy atom. The van der Waals surface area contributed by atoms with E-state index in [9.17, 15) is 17.4 Å². The molecule has 0 aliphatic carbocycles. The summed E-state index contributed by atoms with van der Waals surface area (Å²) in [7, 11) is -2.62. The summed E-state index contributed by atoms with van der Waals surface area (Å²) in [5.74, 6) is -2.58. The Kier molecular flexibility index (Phi) is 5.73. The minimum absolute atomic E-state index is 0.00541. The zero-order valence-corrected chi connectivity index (χ0v) is 16.8. The Hall–Kier alpha value is -2.43. The molecule has 3 N–H and O–H groups in total. The van der Waals surface area contributed by atoms with Gasteiger partial charge in [-0.25, -0.2) is 23.1 Å². The second kappa shape index (κ2) is 7.90. The van der Waals surface area contributed by atoms with Crippen LogP contribution >= 0.6 is 15.9 Å². The predicted octanol–water partition coefficient (Wildman–Crippen LogP) is 4.01. The quantitative estimate of drug-likeness (QED) is 0.564. The van der Waals surface area contributed by atoms with Gasteiger partial charge in [0.2, 0.25) is 5.95 Å². The van der Waals surface area contributed by atoms with Crippen molar-refractivity contribution in [2.75, 3.05) is 11.6 Å². The highest BCUT2D eigenvalue weighted by atomic mass is 79.9. The topological polar surface area (TPSA) is 80.9 Å². The molecule has 0 fully saturated rings. The molecule has 3 rings (SSSR count). The fraction of sp³-hybridized carbons (Fsp3) is 0.0556. The number of aromatic nitrogens is 2. The molecule has 0 amide bonds. The lowest BCUT2D eigenvalue weighted by atomic mass is 10.1. The molecular weight excluding hydrogens is 457 g/mol.